The van der Waals surface area contributed by atoms with Crippen LogP contribution in [0.4, 0.5) is 5.82 Å². The first-order valence-corrected chi connectivity index (χ1v) is 16.3. The minimum absolute atomic E-state index is 0. The third-order valence-electron chi connectivity index (χ3n) is 8.07. The Morgan fingerprint density at radius 1 is 1.00 bits per heavy atom. The van der Waals surface area contributed by atoms with Crippen LogP contribution < -0.4 is 61.9 Å². The van der Waals surface area contributed by atoms with Crippen molar-refractivity contribution in [1.29, 1.82) is 5.41 Å². The summed E-state index contributed by atoms with van der Waals surface area (Å²) in [5, 5.41) is 12.1. The van der Waals surface area contributed by atoms with Gasteiger partial charge < -0.3 is 29.8 Å². The Balaban J connectivity index is 0.000000879. The SMILES string of the molecule is CC.CCC(C)C.C[N-]c1c(C(=N)N)ncn1C1CCC(COC(c2ccccc2)(c2ccc(C)cc2)c2ccc(OC)cc2)O1.[K+]. The molecule has 0 spiro atoms. The van der Waals surface area contributed by atoms with Gasteiger partial charge in [0.25, 0.3) is 0 Å². The second kappa shape index (κ2) is 20.1. The summed E-state index contributed by atoms with van der Waals surface area (Å²) < 4.78 is 20.7. The molecular weight excluding hydrogens is 614 g/mol. The zero-order valence-electron chi connectivity index (χ0n) is 29.8. The van der Waals surface area contributed by atoms with Crippen LogP contribution in [0.1, 0.15) is 88.1 Å². The van der Waals surface area contributed by atoms with Crippen molar-refractivity contribution in [3.05, 3.63) is 118 Å². The molecule has 1 saturated heterocycles. The van der Waals surface area contributed by atoms with Crippen molar-refractivity contribution in [1.82, 2.24) is 9.55 Å². The fraction of sp³-hybridized carbons (Fsp3) is 0.421. The fourth-order valence-electron chi connectivity index (χ4n) is 5.25. The molecule has 1 aromatic heterocycles. The topological polar surface area (TPSA) is 109 Å². The van der Waals surface area contributed by atoms with Crippen molar-refractivity contribution in [2.45, 2.75) is 78.7 Å². The molecule has 2 heterocycles. The molecule has 3 atom stereocenters. The summed E-state index contributed by atoms with van der Waals surface area (Å²) in [4.78, 5) is 4.28. The van der Waals surface area contributed by atoms with Crippen molar-refractivity contribution in [3.63, 3.8) is 0 Å². The van der Waals surface area contributed by atoms with E-state index in [9.17, 15) is 0 Å². The molecule has 0 aliphatic carbocycles. The molecule has 5 rings (SSSR count). The first kappa shape index (κ1) is 40.7. The third kappa shape index (κ3) is 10.2. The molecule has 3 N–H and O–H groups in total. The molecule has 0 amide bonds. The van der Waals surface area contributed by atoms with Gasteiger partial charge in [-0.15, -0.1) is 0 Å². The van der Waals surface area contributed by atoms with Gasteiger partial charge in [0.2, 0.25) is 0 Å². The Kier molecular flexibility index (Phi) is 17.4. The molecule has 3 aromatic carbocycles. The van der Waals surface area contributed by atoms with Gasteiger partial charge in [-0.1, -0.05) is 120 Å². The maximum Gasteiger partial charge on any atom is 1.00 e. The number of nitrogens with one attached hydrogen (secondary N) is 1. The molecule has 0 radical (unpaired) electrons. The third-order valence-corrected chi connectivity index (χ3v) is 8.07. The molecule has 1 fully saturated rings. The summed E-state index contributed by atoms with van der Waals surface area (Å²) in [6.45, 7) is 13.1. The first-order valence-electron chi connectivity index (χ1n) is 16.3. The van der Waals surface area contributed by atoms with Crippen LogP contribution >= 0.6 is 0 Å². The fourth-order valence-corrected chi connectivity index (χ4v) is 5.25. The van der Waals surface area contributed by atoms with Gasteiger partial charge in [-0.2, -0.15) is 0 Å². The molecule has 8 nitrogen and oxygen atoms in total. The zero-order valence-corrected chi connectivity index (χ0v) is 32.9. The summed E-state index contributed by atoms with van der Waals surface area (Å²) in [5.74, 6) is 2.10. The number of nitrogens with two attached hydrogens (primary N) is 1. The van der Waals surface area contributed by atoms with Gasteiger partial charge in [-0.25, -0.2) is 0 Å². The van der Waals surface area contributed by atoms with E-state index < -0.39 is 5.60 Å². The van der Waals surface area contributed by atoms with E-state index in [2.05, 4.69) is 86.5 Å². The molecule has 1 aliphatic heterocycles. The van der Waals surface area contributed by atoms with E-state index in [4.69, 9.17) is 25.4 Å². The van der Waals surface area contributed by atoms with Crippen molar-refractivity contribution in [3.8, 4) is 5.75 Å². The summed E-state index contributed by atoms with van der Waals surface area (Å²) in [7, 11) is 3.33. The number of ether oxygens (including phenoxy) is 3. The molecule has 0 bridgehead atoms. The average molecular weight is 666 g/mol. The number of aromatic nitrogens is 2. The predicted octanol–water partition coefficient (Wildman–Crippen LogP) is 5.89. The molecular formula is C38H52KN5O3. The standard InChI is InChI=1S/C31H34N5O3.C5H12.C2H6.K/c1-21-9-11-23(12-10-21)31(22-7-5-4-6-8-22,24-13-15-25(37-3)16-14-24)38-19-26-17-18-27(39-26)36-20-35-28(29(32)33)30(36)34-2;1-4-5(2)3;1-2;/h4-16,20,26-27H,17-19H2,1-3H3,(H3,32,33);5H,4H2,1-3H3;1-2H3;/q-1;;;+1. The molecule has 248 valence electrons. The Morgan fingerprint density at radius 2 is 1.55 bits per heavy atom. The zero-order chi connectivity index (χ0) is 33.7. The number of hydrogen-bond donors (Lipinski definition) is 2. The van der Waals surface area contributed by atoms with E-state index in [1.54, 1.807) is 20.5 Å². The van der Waals surface area contributed by atoms with Gasteiger partial charge >= 0.3 is 51.4 Å². The van der Waals surface area contributed by atoms with Crippen molar-refractivity contribution < 1.29 is 65.6 Å². The Labute approximate surface area is 324 Å². The van der Waals surface area contributed by atoms with Gasteiger partial charge in [0.15, 0.2) is 0 Å². The van der Waals surface area contributed by atoms with E-state index in [1.165, 1.54) is 12.0 Å². The smallest absolute Gasteiger partial charge is 0.497 e. The van der Waals surface area contributed by atoms with E-state index in [1.807, 2.05) is 48.7 Å². The van der Waals surface area contributed by atoms with Crippen LogP contribution in [-0.4, -0.2) is 42.3 Å². The first-order chi connectivity index (χ1) is 22.2. The largest absolute Gasteiger partial charge is 1.00 e. The predicted molar refractivity (Wildman–Crippen MR) is 188 cm³/mol. The van der Waals surface area contributed by atoms with E-state index >= 15 is 0 Å². The quantitative estimate of drug-likeness (QED) is 0.0900. The minimum atomic E-state index is -0.858. The maximum absolute atomic E-state index is 7.80. The number of benzene rings is 3. The molecule has 3 unspecified atom stereocenters. The molecule has 47 heavy (non-hydrogen) atoms. The van der Waals surface area contributed by atoms with Gasteiger partial charge in [0.05, 0.1) is 26.0 Å². The maximum atomic E-state index is 7.80. The van der Waals surface area contributed by atoms with Crippen LogP contribution in [0.2, 0.25) is 0 Å². The summed E-state index contributed by atoms with van der Waals surface area (Å²) in [6, 6.07) is 26.8. The van der Waals surface area contributed by atoms with Crippen molar-refractivity contribution >= 4 is 11.7 Å². The second-order valence-electron chi connectivity index (χ2n) is 11.5. The van der Waals surface area contributed by atoms with E-state index in [0.717, 1.165) is 41.2 Å². The summed E-state index contributed by atoms with van der Waals surface area (Å²) in [6.07, 6.45) is 4.13. The van der Waals surface area contributed by atoms with E-state index in [-0.39, 0.29) is 69.6 Å². The number of nitrogens with zero attached hydrogens (tertiary/aromatic N) is 3. The normalized spacial score (nSPS) is 16.4. The molecule has 1 aliphatic rings. The number of hydrogen-bond acceptors (Lipinski definition) is 5. The number of amidine groups is 1. The number of imidazole rings is 1. The molecule has 9 heteroatoms. The van der Waals surface area contributed by atoms with Gasteiger partial charge in [-0.05, 0) is 60.3 Å². The minimum Gasteiger partial charge on any atom is -0.497 e. The summed E-state index contributed by atoms with van der Waals surface area (Å²) in [5.41, 5.74) is 9.45. The van der Waals surface area contributed by atoms with Crippen molar-refractivity contribution in [2.75, 3.05) is 20.8 Å². The van der Waals surface area contributed by atoms with Crippen LogP contribution in [-0.2, 0) is 15.1 Å². The van der Waals surface area contributed by atoms with Gasteiger partial charge in [0.1, 0.15) is 22.9 Å². The van der Waals surface area contributed by atoms with Crippen LogP contribution in [0.25, 0.3) is 5.32 Å². The number of aryl methyl sites for hydroxylation is 1. The van der Waals surface area contributed by atoms with Crippen LogP contribution in [0.3, 0.4) is 0 Å². The Hall–Kier alpha value is -2.50. The van der Waals surface area contributed by atoms with Gasteiger partial charge in [-0.3, -0.25) is 10.4 Å². The van der Waals surface area contributed by atoms with E-state index in [0.29, 0.717) is 18.1 Å². The van der Waals surface area contributed by atoms with Gasteiger partial charge in [0, 0.05) is 6.33 Å². The number of nitrogen functional groups attached to an aromatic ring is 1. The van der Waals surface area contributed by atoms with Crippen LogP contribution in [0.15, 0.2) is 85.2 Å². The molecule has 0 saturated carbocycles. The second-order valence-corrected chi connectivity index (χ2v) is 11.5. The number of methoxy groups -OCH3 is 1. The monoisotopic (exact) mass is 665 g/mol. The van der Waals surface area contributed by atoms with Crippen molar-refractivity contribution in [2.24, 2.45) is 11.7 Å². The Bertz CT molecular complexity index is 1480. The molecule has 4 aromatic rings. The average Bonchev–Trinajstić information content (AvgIpc) is 3.75. The van der Waals surface area contributed by atoms with Crippen LogP contribution in [0.5, 0.6) is 5.75 Å². The van der Waals surface area contributed by atoms with Crippen LogP contribution in [0, 0.1) is 18.3 Å². The number of rotatable bonds is 11. The Morgan fingerprint density at radius 3 is 2.06 bits per heavy atom. The summed E-state index contributed by atoms with van der Waals surface area (Å²) >= 11 is 0.